The van der Waals surface area contributed by atoms with Crippen LogP contribution in [0.2, 0.25) is 0 Å². The molecule has 5 heteroatoms. The zero-order valence-corrected chi connectivity index (χ0v) is 10.9. The van der Waals surface area contributed by atoms with E-state index in [-0.39, 0.29) is 14.9 Å². The molecule has 0 rings (SSSR count). The molecule has 2 N–H and O–H groups in total. The first-order valence-electron chi connectivity index (χ1n) is 1.27. The first-order valence-corrected chi connectivity index (χ1v) is 15.9. The van der Waals surface area contributed by atoms with Gasteiger partial charge in [-0.3, -0.25) is 0 Å². The molecule has 0 amide bonds. The van der Waals surface area contributed by atoms with E-state index >= 15 is 0 Å². The Morgan fingerprint density at radius 2 is 1.00 bits per heavy atom. The molecular formula is C2H8I2O2Zr. The summed E-state index contributed by atoms with van der Waals surface area (Å²) in [4.78, 5) is 0. The Hall–Kier alpha value is 2.26. The number of halogens is 2. The van der Waals surface area contributed by atoms with Crippen molar-refractivity contribution >= 4 is 36.1 Å². The van der Waals surface area contributed by atoms with Crippen molar-refractivity contribution in [3.63, 3.8) is 0 Å². The normalized spacial score (nSPS) is 3.71. The Morgan fingerprint density at radius 3 is 1.00 bits per heavy atom. The molecule has 0 spiro atoms. The van der Waals surface area contributed by atoms with Crippen LogP contribution in [0.5, 0.6) is 0 Å². The number of hydrogen-bond acceptors (Lipinski definition) is 2. The zero-order chi connectivity index (χ0) is 6.71. The average molecular weight is 409 g/mol. The van der Waals surface area contributed by atoms with Crippen LogP contribution in [0, 0.1) is 0 Å². The summed E-state index contributed by atoms with van der Waals surface area (Å²) < 4.78 is 0. The molecule has 7 heavy (non-hydrogen) atoms. The minimum atomic E-state index is 0.170. The van der Waals surface area contributed by atoms with Crippen molar-refractivity contribution in [2.45, 2.75) is 0 Å². The molecule has 0 heterocycles. The number of aliphatic hydroxyl groups is 2. The van der Waals surface area contributed by atoms with Crippen molar-refractivity contribution in [2.75, 3.05) is 14.2 Å². The second-order valence-corrected chi connectivity index (χ2v) is 19.0. The average Bonchev–Trinajstić information content (AvgIpc) is 1.78. The van der Waals surface area contributed by atoms with Crippen molar-refractivity contribution < 1.29 is 25.1 Å². The Morgan fingerprint density at radius 1 is 1.00 bits per heavy atom. The fourth-order valence-electron chi connectivity index (χ4n) is 0. The van der Waals surface area contributed by atoms with Gasteiger partial charge in [-0.25, -0.2) is 0 Å². The molecule has 0 saturated heterocycles. The minimum absolute atomic E-state index is 0.170. The van der Waals surface area contributed by atoms with Crippen LogP contribution in [0.15, 0.2) is 0 Å². The summed E-state index contributed by atoms with van der Waals surface area (Å²) >= 11 is 5.06. The third-order valence-electron chi connectivity index (χ3n) is 0. The van der Waals surface area contributed by atoms with Gasteiger partial charge >= 0.3 is 50.9 Å². The third kappa shape index (κ3) is 63.3. The van der Waals surface area contributed by atoms with Crippen molar-refractivity contribution in [1.82, 2.24) is 0 Å². The zero-order valence-electron chi connectivity index (χ0n) is 4.15. The van der Waals surface area contributed by atoms with Gasteiger partial charge in [0.25, 0.3) is 0 Å². The second kappa shape index (κ2) is 40.9. The third-order valence-corrected chi connectivity index (χ3v) is 0. The Balaban J connectivity index is -0.0000000360. The Labute approximate surface area is 74.0 Å². The van der Waals surface area contributed by atoms with Gasteiger partial charge in [0.2, 0.25) is 0 Å². The summed E-state index contributed by atoms with van der Waals surface area (Å²) in [6.45, 7) is 0. The van der Waals surface area contributed by atoms with Gasteiger partial charge in [0.15, 0.2) is 0 Å². The molecule has 0 aliphatic carbocycles. The van der Waals surface area contributed by atoms with Gasteiger partial charge < -0.3 is 10.2 Å². The molecule has 0 fully saturated rings. The second-order valence-electron chi connectivity index (χ2n) is 0.0714. The molecule has 0 aromatic heterocycles. The monoisotopic (exact) mass is 408 g/mol. The van der Waals surface area contributed by atoms with Crippen molar-refractivity contribution in [3.8, 4) is 0 Å². The molecular weight excluding hydrogens is 401 g/mol. The molecule has 0 aliphatic heterocycles. The van der Waals surface area contributed by atoms with Gasteiger partial charge in [0.1, 0.15) is 0 Å². The molecule has 46 valence electrons. The molecule has 0 aromatic rings. The number of hydrogen-bond donors (Lipinski definition) is 2. The first kappa shape index (κ1) is 16.1. The maximum absolute atomic E-state index is 7.00. The Bertz CT molecular complexity index is 13.7. The molecule has 0 unspecified atom stereocenters. The van der Waals surface area contributed by atoms with Gasteiger partial charge in [-0.2, -0.15) is 0 Å². The summed E-state index contributed by atoms with van der Waals surface area (Å²) in [6, 6.07) is 0. The van der Waals surface area contributed by atoms with Crippen LogP contribution in [0.4, 0.5) is 0 Å². The molecule has 0 aromatic carbocycles. The van der Waals surface area contributed by atoms with Gasteiger partial charge in [-0.1, -0.05) is 0 Å². The summed E-state index contributed by atoms with van der Waals surface area (Å²) in [5.74, 6) is 0. The van der Waals surface area contributed by atoms with Gasteiger partial charge in [0.05, 0.1) is 0 Å². The molecule has 0 saturated carbocycles. The summed E-state index contributed by atoms with van der Waals surface area (Å²) in [6.07, 6.45) is 0. The standard InChI is InChI=1S/2CH4O.2HI.Zr/c2*1-2;;;/h2*2H,1H3;2*1H;/q;;;;+2/p-2. The fraction of sp³-hybridized carbons (Fsp3) is 1.00. The fourth-order valence-corrected chi connectivity index (χ4v) is 0. The summed E-state index contributed by atoms with van der Waals surface area (Å²) in [5.41, 5.74) is 0. The van der Waals surface area contributed by atoms with E-state index in [2.05, 4.69) is 36.1 Å². The molecule has 2 nitrogen and oxygen atoms in total. The molecule has 0 radical (unpaired) electrons. The van der Waals surface area contributed by atoms with E-state index in [4.69, 9.17) is 10.2 Å². The van der Waals surface area contributed by atoms with Crippen LogP contribution in [0.25, 0.3) is 0 Å². The van der Waals surface area contributed by atoms with Crippen molar-refractivity contribution in [1.29, 1.82) is 0 Å². The summed E-state index contributed by atoms with van der Waals surface area (Å²) in [5, 5.41) is 14.0. The SMILES string of the molecule is CO.CO.[I][Zr][I]. The van der Waals surface area contributed by atoms with E-state index in [1.54, 1.807) is 0 Å². The topological polar surface area (TPSA) is 40.5 Å². The van der Waals surface area contributed by atoms with E-state index < -0.39 is 0 Å². The number of rotatable bonds is 0. The van der Waals surface area contributed by atoms with Crippen molar-refractivity contribution in [2.24, 2.45) is 0 Å². The van der Waals surface area contributed by atoms with E-state index in [1.807, 2.05) is 0 Å². The van der Waals surface area contributed by atoms with E-state index in [1.165, 1.54) is 0 Å². The van der Waals surface area contributed by atoms with Gasteiger partial charge in [-0.05, 0) is 0 Å². The van der Waals surface area contributed by atoms with E-state index in [9.17, 15) is 0 Å². The predicted molar refractivity (Wildman–Crippen MR) is 44.3 cm³/mol. The van der Waals surface area contributed by atoms with Crippen molar-refractivity contribution in [3.05, 3.63) is 0 Å². The van der Waals surface area contributed by atoms with Crippen LogP contribution >= 0.6 is 36.1 Å². The van der Waals surface area contributed by atoms with Crippen LogP contribution in [0.1, 0.15) is 0 Å². The molecule has 0 atom stereocenters. The predicted octanol–water partition coefficient (Wildman–Crippen LogP) is 0.986. The summed E-state index contributed by atoms with van der Waals surface area (Å²) in [7, 11) is 2.00. The van der Waals surface area contributed by atoms with Gasteiger partial charge in [-0.15, -0.1) is 0 Å². The van der Waals surface area contributed by atoms with Crippen LogP contribution in [-0.2, 0) is 14.9 Å². The quantitative estimate of drug-likeness (QED) is 0.587. The van der Waals surface area contributed by atoms with Crippen LogP contribution in [0.3, 0.4) is 0 Å². The molecule has 0 aliphatic rings. The first-order chi connectivity index (χ1) is 3.41. The van der Waals surface area contributed by atoms with E-state index in [0.717, 1.165) is 14.2 Å². The maximum atomic E-state index is 7.00. The van der Waals surface area contributed by atoms with Gasteiger partial charge in [0, 0.05) is 14.2 Å². The van der Waals surface area contributed by atoms with Crippen LogP contribution < -0.4 is 0 Å². The van der Waals surface area contributed by atoms with E-state index in [0.29, 0.717) is 0 Å². The van der Waals surface area contributed by atoms with Crippen LogP contribution in [-0.4, -0.2) is 24.4 Å². The Kier molecular flexibility index (Phi) is 94.3. The number of aliphatic hydroxyl groups excluding tert-OH is 2. The molecule has 0 bridgehead atoms.